The van der Waals surface area contributed by atoms with Crippen LogP contribution >= 0.6 is 11.6 Å². The number of nitrogens with two attached hydrogens (primary N) is 1. The number of carbonyl (C=O) groups excluding carboxylic acids is 2. The van der Waals surface area contributed by atoms with Crippen molar-refractivity contribution in [3.05, 3.63) is 64.9 Å². The van der Waals surface area contributed by atoms with Gasteiger partial charge in [-0.1, -0.05) is 29.8 Å². The lowest BCUT2D eigenvalue weighted by atomic mass is 10.0. The van der Waals surface area contributed by atoms with Crippen LogP contribution in [0.2, 0.25) is 5.02 Å². The number of pyridine rings is 1. The Labute approximate surface area is 139 Å². The van der Waals surface area contributed by atoms with Gasteiger partial charge in [-0.25, -0.2) is 4.79 Å². The number of urea groups is 1. The summed E-state index contributed by atoms with van der Waals surface area (Å²) in [6.45, 7) is 0.372. The minimum atomic E-state index is -0.690. The molecule has 3 amide bonds. The zero-order valence-corrected chi connectivity index (χ0v) is 13.1. The predicted octanol–water partition coefficient (Wildman–Crippen LogP) is 2.15. The van der Waals surface area contributed by atoms with E-state index in [-0.39, 0.29) is 12.3 Å². The van der Waals surface area contributed by atoms with E-state index in [1.54, 1.807) is 42.7 Å². The number of carbonyl (C=O) groups is 2. The van der Waals surface area contributed by atoms with E-state index in [0.717, 1.165) is 11.1 Å². The summed E-state index contributed by atoms with van der Waals surface area (Å²) in [6.07, 6.45) is 3.42. The van der Waals surface area contributed by atoms with E-state index >= 15 is 0 Å². The maximum Gasteiger partial charge on any atom is 0.312 e. The molecule has 0 fully saturated rings. The van der Waals surface area contributed by atoms with Gasteiger partial charge in [-0.05, 0) is 29.3 Å². The van der Waals surface area contributed by atoms with Gasteiger partial charge in [-0.3, -0.25) is 9.78 Å². The molecule has 7 heteroatoms. The Morgan fingerprint density at radius 2 is 1.96 bits per heavy atom. The van der Waals surface area contributed by atoms with Crippen LogP contribution in [0, 0.1) is 0 Å². The fourth-order valence-electron chi connectivity index (χ4n) is 2.08. The van der Waals surface area contributed by atoms with Crippen molar-refractivity contribution in [1.29, 1.82) is 0 Å². The van der Waals surface area contributed by atoms with Gasteiger partial charge in [0, 0.05) is 24.0 Å². The van der Waals surface area contributed by atoms with E-state index in [1.165, 1.54) is 0 Å². The second-order valence-corrected chi connectivity index (χ2v) is 5.39. The molecule has 2 aromatic rings. The van der Waals surface area contributed by atoms with Crippen molar-refractivity contribution >= 4 is 23.5 Å². The van der Waals surface area contributed by atoms with Gasteiger partial charge in [0.25, 0.3) is 0 Å². The van der Waals surface area contributed by atoms with Crippen LogP contribution in [0.15, 0.2) is 48.8 Å². The van der Waals surface area contributed by atoms with Gasteiger partial charge in [0.2, 0.25) is 5.91 Å². The van der Waals surface area contributed by atoms with Crippen LogP contribution in [0.5, 0.6) is 0 Å². The monoisotopic (exact) mass is 332 g/mol. The lowest BCUT2D eigenvalue weighted by Gasteiger charge is -2.18. The Kier molecular flexibility index (Phi) is 5.94. The zero-order valence-electron chi connectivity index (χ0n) is 12.3. The van der Waals surface area contributed by atoms with Crippen molar-refractivity contribution in [2.75, 3.05) is 0 Å². The molecule has 120 valence electrons. The molecule has 4 N–H and O–H groups in total. The first-order valence-electron chi connectivity index (χ1n) is 7.01. The molecule has 23 heavy (non-hydrogen) atoms. The quantitative estimate of drug-likeness (QED) is 0.756. The normalized spacial score (nSPS) is 11.5. The molecule has 0 aliphatic heterocycles. The van der Waals surface area contributed by atoms with Crippen molar-refractivity contribution in [3.63, 3.8) is 0 Å². The smallest absolute Gasteiger partial charge is 0.312 e. The van der Waals surface area contributed by atoms with Gasteiger partial charge in [-0.15, -0.1) is 0 Å². The molecule has 0 unspecified atom stereocenters. The number of hydrogen-bond donors (Lipinski definition) is 3. The summed E-state index contributed by atoms with van der Waals surface area (Å²) in [5.74, 6) is -0.206. The number of amides is 3. The highest BCUT2D eigenvalue weighted by molar-refractivity contribution is 6.30. The molecule has 1 aromatic carbocycles. The molecule has 1 aromatic heterocycles. The standard InChI is InChI=1S/C16H17ClN4O2/c17-13-5-3-12(4-6-13)14(21-16(18)23)8-15(22)20-10-11-2-1-7-19-9-11/h1-7,9,14H,8,10H2,(H,20,22)(H3,18,21,23)/t14-/m1/s1. The van der Waals surface area contributed by atoms with Crippen molar-refractivity contribution in [2.45, 2.75) is 19.0 Å². The highest BCUT2D eigenvalue weighted by Gasteiger charge is 2.17. The fourth-order valence-corrected chi connectivity index (χ4v) is 2.21. The van der Waals surface area contributed by atoms with E-state index in [1.807, 2.05) is 6.07 Å². The highest BCUT2D eigenvalue weighted by atomic mass is 35.5. The first-order chi connectivity index (χ1) is 11.0. The molecule has 2 rings (SSSR count). The number of nitrogens with one attached hydrogen (secondary N) is 2. The molecule has 1 heterocycles. The van der Waals surface area contributed by atoms with Crippen molar-refractivity contribution in [3.8, 4) is 0 Å². The van der Waals surface area contributed by atoms with E-state index in [9.17, 15) is 9.59 Å². The van der Waals surface area contributed by atoms with Gasteiger partial charge < -0.3 is 16.4 Å². The van der Waals surface area contributed by atoms with Crippen LogP contribution in [0.3, 0.4) is 0 Å². The van der Waals surface area contributed by atoms with Crippen molar-refractivity contribution in [1.82, 2.24) is 15.6 Å². The molecule has 0 saturated heterocycles. The van der Waals surface area contributed by atoms with Crippen molar-refractivity contribution in [2.24, 2.45) is 5.73 Å². The first kappa shape index (κ1) is 16.8. The van der Waals surface area contributed by atoms with E-state index in [4.69, 9.17) is 17.3 Å². The number of benzene rings is 1. The molecule has 0 aliphatic carbocycles. The summed E-state index contributed by atoms with van der Waals surface area (Å²) in [6, 6.07) is 9.34. The summed E-state index contributed by atoms with van der Waals surface area (Å²) in [5, 5.41) is 5.93. The number of primary amides is 1. The summed E-state index contributed by atoms with van der Waals surface area (Å²) >= 11 is 5.85. The SMILES string of the molecule is NC(=O)N[C@H](CC(=O)NCc1cccnc1)c1ccc(Cl)cc1. The average molecular weight is 333 g/mol. The van der Waals surface area contributed by atoms with Crippen molar-refractivity contribution < 1.29 is 9.59 Å². The fraction of sp³-hybridized carbons (Fsp3) is 0.188. The second kappa shape index (κ2) is 8.14. The summed E-state index contributed by atoms with van der Waals surface area (Å²) in [5.41, 5.74) is 6.83. The lowest BCUT2D eigenvalue weighted by molar-refractivity contribution is -0.121. The lowest BCUT2D eigenvalue weighted by Crippen LogP contribution is -2.36. The largest absolute Gasteiger partial charge is 0.352 e. The predicted molar refractivity (Wildman–Crippen MR) is 87.6 cm³/mol. The number of halogens is 1. The molecule has 0 radical (unpaired) electrons. The number of aromatic nitrogens is 1. The number of hydrogen-bond acceptors (Lipinski definition) is 3. The van der Waals surface area contributed by atoms with Crippen LogP contribution in [-0.4, -0.2) is 16.9 Å². The highest BCUT2D eigenvalue weighted by Crippen LogP contribution is 2.19. The van der Waals surface area contributed by atoms with Gasteiger partial charge >= 0.3 is 6.03 Å². The maximum absolute atomic E-state index is 12.1. The van der Waals surface area contributed by atoms with Crippen LogP contribution < -0.4 is 16.4 Å². The molecule has 1 atom stereocenters. The summed E-state index contributed by atoms with van der Waals surface area (Å²) < 4.78 is 0. The van der Waals surface area contributed by atoms with E-state index in [0.29, 0.717) is 11.6 Å². The van der Waals surface area contributed by atoms with Crippen LogP contribution in [0.4, 0.5) is 4.79 Å². The first-order valence-corrected chi connectivity index (χ1v) is 7.39. The van der Waals surface area contributed by atoms with Crippen LogP contribution in [0.25, 0.3) is 0 Å². The molecule has 0 bridgehead atoms. The van der Waals surface area contributed by atoms with Gasteiger partial charge in [0.15, 0.2) is 0 Å². The Morgan fingerprint density at radius 1 is 1.22 bits per heavy atom. The maximum atomic E-state index is 12.1. The van der Waals surface area contributed by atoms with E-state index < -0.39 is 12.1 Å². The Balaban J connectivity index is 1.98. The van der Waals surface area contributed by atoms with Crippen LogP contribution in [-0.2, 0) is 11.3 Å². The summed E-state index contributed by atoms with van der Waals surface area (Å²) in [4.78, 5) is 27.2. The second-order valence-electron chi connectivity index (χ2n) is 4.95. The van der Waals surface area contributed by atoms with Gasteiger partial charge in [0.1, 0.15) is 0 Å². The third kappa shape index (κ3) is 5.60. The zero-order chi connectivity index (χ0) is 16.7. The number of nitrogens with zero attached hydrogens (tertiary/aromatic N) is 1. The molecule has 0 spiro atoms. The Morgan fingerprint density at radius 3 is 2.57 bits per heavy atom. The Bertz CT molecular complexity index is 662. The van der Waals surface area contributed by atoms with Gasteiger partial charge in [0.05, 0.1) is 12.5 Å². The molecular formula is C16H17ClN4O2. The molecule has 6 nitrogen and oxygen atoms in total. The molecular weight excluding hydrogens is 316 g/mol. The Hall–Kier alpha value is -2.60. The molecule has 0 saturated carbocycles. The topological polar surface area (TPSA) is 97.1 Å². The minimum absolute atomic E-state index is 0.0742. The third-order valence-electron chi connectivity index (χ3n) is 3.19. The van der Waals surface area contributed by atoms with Crippen LogP contribution in [0.1, 0.15) is 23.6 Å². The minimum Gasteiger partial charge on any atom is -0.352 e. The third-order valence-corrected chi connectivity index (χ3v) is 3.44. The average Bonchev–Trinajstić information content (AvgIpc) is 2.53. The molecule has 0 aliphatic rings. The summed E-state index contributed by atoms with van der Waals surface area (Å²) in [7, 11) is 0. The van der Waals surface area contributed by atoms with Gasteiger partial charge in [-0.2, -0.15) is 0 Å². The van der Waals surface area contributed by atoms with E-state index in [2.05, 4.69) is 15.6 Å². The number of rotatable bonds is 6.